The van der Waals surface area contributed by atoms with Crippen LogP contribution in [-0.2, 0) is 14.3 Å². The predicted molar refractivity (Wildman–Crippen MR) is 77.9 cm³/mol. The molecule has 0 bridgehead atoms. The third-order valence-electron chi connectivity index (χ3n) is 2.87. The van der Waals surface area contributed by atoms with Gasteiger partial charge in [-0.1, -0.05) is 53.0 Å². The lowest BCUT2D eigenvalue weighted by atomic mass is 10.0. The highest BCUT2D eigenvalue weighted by atomic mass is 16.5. The summed E-state index contributed by atoms with van der Waals surface area (Å²) >= 11 is 0. The van der Waals surface area contributed by atoms with Crippen LogP contribution in [0, 0.1) is 5.92 Å². The van der Waals surface area contributed by atoms with Gasteiger partial charge >= 0.3 is 5.97 Å². The largest absolute Gasteiger partial charge is 0.462 e. The molecule has 0 spiro atoms. The Morgan fingerprint density at radius 3 is 2.32 bits per heavy atom. The first-order valence-corrected chi connectivity index (χ1v) is 7.43. The van der Waals surface area contributed by atoms with E-state index in [2.05, 4.69) is 20.8 Å². The third-order valence-corrected chi connectivity index (χ3v) is 2.87. The van der Waals surface area contributed by atoms with E-state index >= 15 is 0 Å². The highest BCUT2D eigenvalue weighted by molar-refractivity contribution is 6.17. The van der Waals surface area contributed by atoms with Gasteiger partial charge in [-0.25, -0.2) is 4.79 Å². The molecule has 0 saturated carbocycles. The summed E-state index contributed by atoms with van der Waals surface area (Å²) in [7, 11) is 0. The molecule has 0 heterocycles. The molecule has 0 radical (unpaired) electrons. The minimum Gasteiger partial charge on any atom is -0.462 e. The molecule has 3 nitrogen and oxygen atoms in total. The van der Waals surface area contributed by atoms with Gasteiger partial charge in [-0.2, -0.15) is 0 Å². The molecule has 0 aliphatic rings. The van der Waals surface area contributed by atoms with Gasteiger partial charge in [0.1, 0.15) is 0 Å². The molecule has 0 amide bonds. The SMILES string of the molecule is CCCCCCOC(=O)C(=CCC(C)C)C(=O)CC. The maximum absolute atomic E-state index is 11.9. The van der Waals surface area contributed by atoms with Crippen LogP contribution in [0.2, 0.25) is 0 Å². The third kappa shape index (κ3) is 8.57. The van der Waals surface area contributed by atoms with Crippen LogP contribution in [-0.4, -0.2) is 18.4 Å². The van der Waals surface area contributed by atoms with Crippen LogP contribution in [0.15, 0.2) is 11.6 Å². The van der Waals surface area contributed by atoms with Crippen LogP contribution in [0.1, 0.15) is 66.2 Å². The van der Waals surface area contributed by atoms with Crippen LogP contribution in [0.4, 0.5) is 0 Å². The molecular weight excluding hydrogens is 240 g/mol. The van der Waals surface area contributed by atoms with Gasteiger partial charge in [-0.05, 0) is 18.8 Å². The van der Waals surface area contributed by atoms with Gasteiger partial charge in [0.15, 0.2) is 5.78 Å². The molecule has 0 rings (SSSR count). The van der Waals surface area contributed by atoms with Crippen molar-refractivity contribution in [2.45, 2.75) is 66.2 Å². The fraction of sp³-hybridized carbons (Fsp3) is 0.750. The topological polar surface area (TPSA) is 43.4 Å². The van der Waals surface area contributed by atoms with E-state index in [-0.39, 0.29) is 11.4 Å². The summed E-state index contributed by atoms with van der Waals surface area (Å²) in [5, 5.41) is 0. The van der Waals surface area contributed by atoms with Crippen molar-refractivity contribution < 1.29 is 14.3 Å². The number of hydrogen-bond acceptors (Lipinski definition) is 3. The molecule has 3 heteroatoms. The molecule has 0 aliphatic carbocycles. The number of hydrogen-bond donors (Lipinski definition) is 0. The molecule has 0 unspecified atom stereocenters. The number of rotatable bonds is 10. The Labute approximate surface area is 117 Å². The van der Waals surface area contributed by atoms with Gasteiger partial charge in [0.2, 0.25) is 0 Å². The summed E-state index contributed by atoms with van der Waals surface area (Å²) in [6.07, 6.45) is 7.04. The molecule has 0 atom stereocenters. The Kier molecular flexibility index (Phi) is 10.1. The summed E-state index contributed by atoms with van der Waals surface area (Å²) in [4.78, 5) is 23.6. The van der Waals surface area contributed by atoms with Crippen molar-refractivity contribution in [3.8, 4) is 0 Å². The van der Waals surface area contributed by atoms with Gasteiger partial charge in [-0.15, -0.1) is 0 Å². The minimum atomic E-state index is -0.455. The van der Waals surface area contributed by atoms with Crippen molar-refractivity contribution >= 4 is 11.8 Å². The fourth-order valence-corrected chi connectivity index (χ4v) is 1.63. The fourth-order valence-electron chi connectivity index (χ4n) is 1.63. The number of Topliss-reactive ketones (excluding diaryl/α,β-unsaturated/α-hetero) is 1. The highest BCUT2D eigenvalue weighted by Crippen LogP contribution is 2.10. The van der Waals surface area contributed by atoms with Crippen molar-refractivity contribution in [3.05, 3.63) is 11.6 Å². The van der Waals surface area contributed by atoms with Crippen LogP contribution in [0.3, 0.4) is 0 Å². The van der Waals surface area contributed by atoms with E-state index in [9.17, 15) is 9.59 Å². The van der Waals surface area contributed by atoms with Crippen molar-refractivity contribution in [1.82, 2.24) is 0 Å². The quantitative estimate of drug-likeness (QED) is 0.197. The lowest BCUT2D eigenvalue weighted by Crippen LogP contribution is -2.16. The number of unbranched alkanes of at least 4 members (excludes halogenated alkanes) is 3. The normalized spacial score (nSPS) is 11.7. The molecule has 0 saturated heterocycles. The standard InChI is InChI=1S/C16H28O3/c1-5-7-8-9-12-19-16(18)14(15(17)6-2)11-10-13(3)4/h11,13H,5-10,12H2,1-4H3. The lowest BCUT2D eigenvalue weighted by molar-refractivity contribution is -0.140. The number of allylic oxidation sites excluding steroid dienone is 1. The van der Waals surface area contributed by atoms with E-state index in [1.807, 2.05) is 0 Å². The number of carbonyl (C=O) groups is 2. The van der Waals surface area contributed by atoms with E-state index in [4.69, 9.17) is 4.74 Å². The van der Waals surface area contributed by atoms with Crippen LogP contribution in [0.5, 0.6) is 0 Å². The average Bonchev–Trinajstić information content (AvgIpc) is 2.38. The van der Waals surface area contributed by atoms with Crippen molar-refractivity contribution in [3.63, 3.8) is 0 Å². The van der Waals surface area contributed by atoms with Crippen molar-refractivity contribution in [1.29, 1.82) is 0 Å². The molecule has 0 aromatic carbocycles. The Morgan fingerprint density at radius 2 is 1.79 bits per heavy atom. The molecular formula is C16H28O3. The van der Waals surface area contributed by atoms with Crippen LogP contribution in [0.25, 0.3) is 0 Å². The molecule has 0 fully saturated rings. The van der Waals surface area contributed by atoms with Gasteiger partial charge in [0.25, 0.3) is 0 Å². The summed E-state index contributed by atoms with van der Waals surface area (Å²) in [6, 6.07) is 0. The van der Waals surface area contributed by atoms with E-state index in [0.29, 0.717) is 18.9 Å². The molecule has 19 heavy (non-hydrogen) atoms. The molecule has 0 aliphatic heterocycles. The summed E-state index contributed by atoms with van der Waals surface area (Å²) in [5.74, 6) is -0.153. The first-order valence-electron chi connectivity index (χ1n) is 7.43. The number of ether oxygens (including phenoxy) is 1. The lowest BCUT2D eigenvalue weighted by Gasteiger charge is -2.08. The Morgan fingerprint density at radius 1 is 1.11 bits per heavy atom. The first-order chi connectivity index (χ1) is 9.02. The maximum atomic E-state index is 11.9. The second-order valence-corrected chi connectivity index (χ2v) is 5.22. The molecule has 0 aromatic heterocycles. The monoisotopic (exact) mass is 268 g/mol. The Balaban J connectivity index is 4.31. The van der Waals surface area contributed by atoms with E-state index < -0.39 is 5.97 Å². The zero-order chi connectivity index (χ0) is 14.7. The molecule has 0 N–H and O–H groups in total. The minimum absolute atomic E-state index is 0.126. The number of ketones is 1. The summed E-state index contributed by atoms with van der Waals surface area (Å²) in [5.41, 5.74) is 0.228. The van der Waals surface area contributed by atoms with Crippen molar-refractivity contribution in [2.24, 2.45) is 5.92 Å². The van der Waals surface area contributed by atoms with Crippen molar-refractivity contribution in [2.75, 3.05) is 6.61 Å². The number of esters is 1. The summed E-state index contributed by atoms with van der Waals surface area (Å²) < 4.78 is 5.18. The van der Waals surface area contributed by atoms with Gasteiger partial charge in [0.05, 0.1) is 12.2 Å². The van der Waals surface area contributed by atoms with E-state index in [1.165, 1.54) is 0 Å². The van der Waals surface area contributed by atoms with Gasteiger partial charge in [-0.3, -0.25) is 4.79 Å². The average molecular weight is 268 g/mol. The van der Waals surface area contributed by atoms with E-state index in [0.717, 1.165) is 32.1 Å². The molecule has 0 aromatic rings. The molecule has 110 valence electrons. The smallest absolute Gasteiger partial charge is 0.341 e. The predicted octanol–water partition coefficient (Wildman–Crippen LogP) is 4.06. The Hall–Kier alpha value is -1.12. The Bertz CT molecular complexity index is 303. The second kappa shape index (κ2) is 10.8. The van der Waals surface area contributed by atoms with E-state index in [1.54, 1.807) is 13.0 Å². The zero-order valence-electron chi connectivity index (χ0n) is 12.8. The maximum Gasteiger partial charge on any atom is 0.341 e. The van der Waals surface area contributed by atoms with Gasteiger partial charge < -0.3 is 4.74 Å². The van der Waals surface area contributed by atoms with Crippen LogP contribution < -0.4 is 0 Å². The number of carbonyl (C=O) groups excluding carboxylic acids is 2. The summed E-state index contributed by atoms with van der Waals surface area (Å²) in [6.45, 7) is 8.43. The highest BCUT2D eigenvalue weighted by Gasteiger charge is 2.17. The zero-order valence-corrected chi connectivity index (χ0v) is 12.8. The second-order valence-electron chi connectivity index (χ2n) is 5.22. The van der Waals surface area contributed by atoms with Crippen LogP contribution >= 0.6 is 0 Å². The van der Waals surface area contributed by atoms with Gasteiger partial charge in [0, 0.05) is 6.42 Å². The first kappa shape index (κ1) is 17.9.